The molecule has 100 valence electrons. The number of aliphatic hydroxyl groups is 1. The molecule has 1 aliphatic heterocycles. The first-order valence-corrected chi connectivity index (χ1v) is 6.10. The number of hydrogen-bond donors (Lipinski definition) is 2. The van der Waals surface area contributed by atoms with Crippen molar-refractivity contribution in [3.8, 4) is 0 Å². The van der Waals surface area contributed by atoms with Crippen LogP contribution in [-0.4, -0.2) is 49.6 Å². The van der Waals surface area contributed by atoms with E-state index in [-0.39, 0.29) is 6.42 Å². The highest BCUT2D eigenvalue weighted by Crippen LogP contribution is 2.25. The largest absolute Gasteiger partial charge is 0.480 e. The summed E-state index contributed by atoms with van der Waals surface area (Å²) < 4.78 is 1.56. The number of carbonyl (C=O) groups is 1. The third kappa shape index (κ3) is 2.36. The lowest BCUT2D eigenvalue weighted by Gasteiger charge is -2.20. The van der Waals surface area contributed by atoms with Crippen LogP contribution in [0.5, 0.6) is 0 Å². The lowest BCUT2D eigenvalue weighted by molar-refractivity contribution is -0.142. The minimum atomic E-state index is -0.913. The van der Waals surface area contributed by atoms with Crippen molar-refractivity contribution in [3.05, 3.63) is 16.4 Å². The summed E-state index contributed by atoms with van der Waals surface area (Å²) in [6.45, 7) is 2.58. The van der Waals surface area contributed by atoms with Crippen LogP contribution in [0.2, 0.25) is 5.15 Å². The SMILES string of the molecule is Cc1nn(C)c(Cl)c1CN1CC(O)CC1C(=O)O. The number of aliphatic hydroxyl groups excluding tert-OH is 1. The van der Waals surface area contributed by atoms with Crippen molar-refractivity contribution < 1.29 is 15.0 Å². The van der Waals surface area contributed by atoms with Crippen LogP contribution in [0.3, 0.4) is 0 Å². The second kappa shape index (κ2) is 4.87. The third-order valence-corrected chi connectivity index (χ3v) is 3.77. The molecular weight excluding hydrogens is 258 g/mol. The summed E-state index contributed by atoms with van der Waals surface area (Å²) >= 11 is 6.12. The molecule has 1 saturated heterocycles. The van der Waals surface area contributed by atoms with Crippen molar-refractivity contribution in [2.45, 2.75) is 32.0 Å². The molecule has 0 radical (unpaired) electrons. The molecule has 0 amide bonds. The molecule has 2 atom stereocenters. The van der Waals surface area contributed by atoms with Crippen LogP contribution in [0.1, 0.15) is 17.7 Å². The lowest BCUT2D eigenvalue weighted by atomic mass is 10.2. The van der Waals surface area contributed by atoms with E-state index in [1.54, 1.807) is 16.6 Å². The quantitative estimate of drug-likeness (QED) is 0.834. The number of rotatable bonds is 3. The zero-order chi connectivity index (χ0) is 13.4. The van der Waals surface area contributed by atoms with Gasteiger partial charge in [0.25, 0.3) is 0 Å². The summed E-state index contributed by atoms with van der Waals surface area (Å²) in [5, 5.41) is 23.4. The van der Waals surface area contributed by atoms with Gasteiger partial charge >= 0.3 is 5.97 Å². The van der Waals surface area contributed by atoms with Crippen LogP contribution in [0.4, 0.5) is 0 Å². The standard InChI is InChI=1S/C11H16ClN3O3/c1-6-8(10(12)14(2)13-6)5-15-4-7(16)3-9(15)11(17)18/h7,9,16H,3-5H2,1-2H3,(H,17,18). The summed E-state index contributed by atoms with van der Waals surface area (Å²) in [6.07, 6.45) is -0.339. The summed E-state index contributed by atoms with van der Waals surface area (Å²) in [7, 11) is 1.74. The minimum Gasteiger partial charge on any atom is -0.480 e. The van der Waals surface area contributed by atoms with Crippen molar-refractivity contribution in [3.63, 3.8) is 0 Å². The monoisotopic (exact) mass is 273 g/mol. The van der Waals surface area contributed by atoms with Gasteiger partial charge in [-0.1, -0.05) is 11.6 Å². The number of aryl methyl sites for hydroxylation is 2. The first kappa shape index (κ1) is 13.3. The highest BCUT2D eigenvalue weighted by molar-refractivity contribution is 6.30. The molecule has 2 N–H and O–H groups in total. The maximum Gasteiger partial charge on any atom is 0.321 e. The number of halogens is 1. The van der Waals surface area contributed by atoms with Gasteiger partial charge in [-0.3, -0.25) is 14.4 Å². The smallest absolute Gasteiger partial charge is 0.321 e. The second-order valence-corrected chi connectivity index (χ2v) is 5.01. The van der Waals surface area contributed by atoms with Gasteiger partial charge in [0.2, 0.25) is 0 Å². The van der Waals surface area contributed by atoms with Gasteiger partial charge in [0.15, 0.2) is 0 Å². The van der Waals surface area contributed by atoms with E-state index in [0.29, 0.717) is 18.2 Å². The van der Waals surface area contributed by atoms with Gasteiger partial charge in [-0.2, -0.15) is 5.10 Å². The van der Waals surface area contributed by atoms with E-state index in [9.17, 15) is 9.90 Å². The Labute approximate surface area is 110 Å². The van der Waals surface area contributed by atoms with Gasteiger partial charge in [-0.05, 0) is 6.92 Å². The van der Waals surface area contributed by atoms with Crippen LogP contribution in [0.25, 0.3) is 0 Å². The fourth-order valence-electron chi connectivity index (χ4n) is 2.37. The second-order valence-electron chi connectivity index (χ2n) is 4.65. The number of likely N-dealkylation sites (tertiary alicyclic amines) is 1. The minimum absolute atomic E-state index is 0.256. The predicted octanol–water partition coefficient (Wildman–Crippen LogP) is 0.402. The molecular formula is C11H16ClN3O3. The number of nitrogens with zero attached hydrogens (tertiary/aromatic N) is 3. The molecule has 0 bridgehead atoms. The lowest BCUT2D eigenvalue weighted by Crippen LogP contribution is -2.35. The van der Waals surface area contributed by atoms with Gasteiger partial charge in [0.1, 0.15) is 11.2 Å². The Bertz CT molecular complexity index is 474. The van der Waals surface area contributed by atoms with Crippen LogP contribution in [0, 0.1) is 6.92 Å². The van der Waals surface area contributed by atoms with Gasteiger partial charge in [0.05, 0.1) is 11.8 Å². The molecule has 0 saturated carbocycles. The zero-order valence-electron chi connectivity index (χ0n) is 10.3. The molecule has 1 fully saturated rings. The Kier molecular flexibility index (Phi) is 3.61. The molecule has 0 aliphatic carbocycles. The normalized spacial score (nSPS) is 24.7. The number of carboxylic acids is 1. The van der Waals surface area contributed by atoms with Crippen LogP contribution < -0.4 is 0 Å². The molecule has 2 unspecified atom stereocenters. The molecule has 1 aromatic heterocycles. The fraction of sp³-hybridized carbons (Fsp3) is 0.636. The molecule has 0 spiro atoms. The third-order valence-electron chi connectivity index (χ3n) is 3.30. The van der Waals surface area contributed by atoms with E-state index in [1.165, 1.54) is 0 Å². The van der Waals surface area contributed by atoms with E-state index in [0.717, 1.165) is 11.3 Å². The Morgan fingerprint density at radius 1 is 1.61 bits per heavy atom. The zero-order valence-corrected chi connectivity index (χ0v) is 11.1. The van der Waals surface area contributed by atoms with E-state index in [4.69, 9.17) is 16.7 Å². The van der Waals surface area contributed by atoms with Crippen molar-refractivity contribution in [1.29, 1.82) is 0 Å². The average molecular weight is 274 g/mol. The van der Waals surface area contributed by atoms with E-state index < -0.39 is 18.1 Å². The number of aromatic nitrogens is 2. The number of aliphatic carboxylic acids is 1. The molecule has 0 aromatic carbocycles. The molecule has 1 aliphatic rings. The highest BCUT2D eigenvalue weighted by atomic mass is 35.5. The van der Waals surface area contributed by atoms with Crippen molar-refractivity contribution in [2.24, 2.45) is 7.05 Å². The first-order chi connectivity index (χ1) is 8.40. The topological polar surface area (TPSA) is 78.6 Å². The summed E-state index contributed by atoms with van der Waals surface area (Å²) in [5.74, 6) is -0.913. The Hall–Kier alpha value is -1.11. The van der Waals surface area contributed by atoms with Crippen molar-refractivity contribution in [2.75, 3.05) is 6.54 Å². The summed E-state index contributed by atoms with van der Waals surface area (Å²) in [6, 6.07) is -0.657. The van der Waals surface area contributed by atoms with Crippen LogP contribution >= 0.6 is 11.6 Å². The summed E-state index contributed by atoms with van der Waals surface area (Å²) in [4.78, 5) is 12.8. The Balaban J connectivity index is 2.20. The molecule has 18 heavy (non-hydrogen) atoms. The van der Waals surface area contributed by atoms with Gasteiger partial charge in [-0.15, -0.1) is 0 Å². The fourth-order valence-corrected chi connectivity index (χ4v) is 2.60. The Morgan fingerprint density at radius 3 is 2.78 bits per heavy atom. The van der Waals surface area contributed by atoms with Gasteiger partial charge in [0, 0.05) is 32.1 Å². The van der Waals surface area contributed by atoms with Crippen molar-refractivity contribution in [1.82, 2.24) is 14.7 Å². The van der Waals surface area contributed by atoms with Crippen LogP contribution in [0.15, 0.2) is 0 Å². The number of β-amino-alcohol motifs (C(OH)–C–C–N with tert-alkyl or cyclic N) is 1. The molecule has 1 aromatic rings. The number of carboxylic acid groups (broad SMARTS) is 1. The maximum atomic E-state index is 11.1. The highest BCUT2D eigenvalue weighted by Gasteiger charge is 2.36. The van der Waals surface area contributed by atoms with Crippen molar-refractivity contribution >= 4 is 17.6 Å². The molecule has 7 heteroatoms. The van der Waals surface area contributed by atoms with Gasteiger partial charge in [-0.25, -0.2) is 0 Å². The average Bonchev–Trinajstić information content (AvgIpc) is 2.75. The first-order valence-electron chi connectivity index (χ1n) is 5.73. The van der Waals surface area contributed by atoms with Crippen LogP contribution in [-0.2, 0) is 18.4 Å². The summed E-state index contributed by atoms with van der Waals surface area (Å²) in [5.41, 5.74) is 1.60. The van der Waals surface area contributed by atoms with E-state index in [2.05, 4.69) is 5.10 Å². The maximum absolute atomic E-state index is 11.1. The predicted molar refractivity (Wildman–Crippen MR) is 65.4 cm³/mol. The molecule has 2 rings (SSSR count). The molecule has 6 nitrogen and oxygen atoms in total. The molecule has 2 heterocycles. The number of hydrogen-bond acceptors (Lipinski definition) is 4. The Morgan fingerprint density at radius 2 is 2.28 bits per heavy atom. The van der Waals surface area contributed by atoms with E-state index >= 15 is 0 Å². The van der Waals surface area contributed by atoms with Gasteiger partial charge < -0.3 is 10.2 Å². The van der Waals surface area contributed by atoms with E-state index in [1.807, 2.05) is 6.92 Å².